The van der Waals surface area contributed by atoms with Crippen molar-refractivity contribution in [3.8, 4) is 5.75 Å². The number of hydrogen-bond donors (Lipinski definition) is 0. The van der Waals surface area contributed by atoms with Crippen LogP contribution in [0.2, 0.25) is 25.7 Å². The van der Waals surface area contributed by atoms with E-state index in [0.717, 1.165) is 16.9 Å². The number of nitrogens with zero attached hydrogens (tertiary/aromatic N) is 1. The van der Waals surface area contributed by atoms with E-state index in [1.54, 1.807) is 17.6 Å². The number of carbonyl (C=O) groups excluding carboxylic acids is 2. The highest BCUT2D eigenvalue weighted by Crippen LogP contribution is 2.36. The first-order valence-electron chi connectivity index (χ1n) is 8.91. The van der Waals surface area contributed by atoms with E-state index >= 15 is 0 Å². The Labute approximate surface area is 168 Å². The van der Waals surface area contributed by atoms with Gasteiger partial charge in [-0.15, -0.1) is 0 Å². The summed E-state index contributed by atoms with van der Waals surface area (Å²) in [5, 5.41) is 0.725. The molecular formula is C19H26BrNO5Si. The van der Waals surface area contributed by atoms with Crippen LogP contribution in [0.4, 0.5) is 0 Å². The number of esters is 1. The molecule has 1 aromatic carbocycles. The molecule has 0 spiro atoms. The second-order valence-corrected chi connectivity index (χ2v) is 13.8. The summed E-state index contributed by atoms with van der Waals surface area (Å²) in [6, 6.07) is 6.48. The number of carbonyl (C=O) groups is 2. The SMILES string of the molecule is CCOC(=O)c1cc2c(OCC=O)c(Br)ccc2n1COCC[Si](C)(C)C. The minimum atomic E-state index is -1.20. The molecule has 2 rings (SSSR count). The highest BCUT2D eigenvalue weighted by molar-refractivity contribution is 9.10. The third kappa shape index (κ3) is 5.67. The van der Waals surface area contributed by atoms with Crippen LogP contribution in [0.15, 0.2) is 22.7 Å². The van der Waals surface area contributed by atoms with Gasteiger partial charge in [0.15, 0.2) is 6.29 Å². The third-order valence-electron chi connectivity index (χ3n) is 3.98. The Bertz CT molecular complexity index is 813. The Hall–Kier alpha value is -1.64. The number of aromatic nitrogens is 1. The highest BCUT2D eigenvalue weighted by atomic mass is 79.9. The van der Waals surface area contributed by atoms with Gasteiger partial charge in [0.2, 0.25) is 0 Å². The first-order valence-corrected chi connectivity index (χ1v) is 13.4. The largest absolute Gasteiger partial charge is 0.484 e. The number of benzene rings is 1. The van der Waals surface area contributed by atoms with E-state index in [4.69, 9.17) is 14.2 Å². The second-order valence-electron chi connectivity index (χ2n) is 7.31. The smallest absolute Gasteiger partial charge is 0.355 e. The monoisotopic (exact) mass is 455 g/mol. The summed E-state index contributed by atoms with van der Waals surface area (Å²) in [6.07, 6.45) is 0.689. The number of ether oxygens (including phenoxy) is 3. The number of aldehydes is 1. The van der Waals surface area contributed by atoms with Crippen molar-refractivity contribution >= 4 is 47.2 Å². The maximum Gasteiger partial charge on any atom is 0.355 e. The molecule has 8 heteroatoms. The molecule has 1 heterocycles. The lowest BCUT2D eigenvalue weighted by atomic mass is 10.2. The lowest BCUT2D eigenvalue weighted by molar-refractivity contribution is -0.109. The zero-order valence-electron chi connectivity index (χ0n) is 16.2. The van der Waals surface area contributed by atoms with E-state index in [1.807, 2.05) is 12.1 Å². The molecule has 0 aliphatic rings. The quantitative estimate of drug-likeness (QED) is 0.228. The number of halogens is 1. The minimum Gasteiger partial charge on any atom is -0.484 e. The molecule has 27 heavy (non-hydrogen) atoms. The Morgan fingerprint density at radius 1 is 1.30 bits per heavy atom. The number of hydrogen-bond acceptors (Lipinski definition) is 5. The molecule has 0 aliphatic heterocycles. The van der Waals surface area contributed by atoms with Crippen LogP contribution in [-0.4, -0.2) is 44.7 Å². The van der Waals surface area contributed by atoms with Gasteiger partial charge in [-0.1, -0.05) is 19.6 Å². The van der Waals surface area contributed by atoms with Gasteiger partial charge in [0.1, 0.15) is 24.8 Å². The maximum atomic E-state index is 12.4. The predicted octanol–water partition coefficient (Wildman–Crippen LogP) is 4.47. The van der Waals surface area contributed by atoms with E-state index < -0.39 is 14.0 Å². The van der Waals surface area contributed by atoms with Gasteiger partial charge in [-0.05, 0) is 47.1 Å². The Kier molecular flexibility index (Phi) is 7.64. The fourth-order valence-electron chi connectivity index (χ4n) is 2.59. The summed E-state index contributed by atoms with van der Waals surface area (Å²) in [4.78, 5) is 23.1. The van der Waals surface area contributed by atoms with Gasteiger partial charge in [-0.25, -0.2) is 4.79 Å². The second kappa shape index (κ2) is 9.52. The maximum absolute atomic E-state index is 12.4. The number of fused-ring (bicyclic) bond motifs is 1. The van der Waals surface area contributed by atoms with E-state index in [-0.39, 0.29) is 19.9 Å². The number of rotatable bonds is 10. The van der Waals surface area contributed by atoms with Gasteiger partial charge < -0.3 is 18.8 Å². The van der Waals surface area contributed by atoms with Crippen molar-refractivity contribution in [3.05, 3.63) is 28.4 Å². The molecule has 0 fully saturated rings. The molecule has 0 aliphatic carbocycles. The van der Waals surface area contributed by atoms with E-state index in [1.165, 1.54) is 0 Å². The van der Waals surface area contributed by atoms with Crippen LogP contribution in [0.3, 0.4) is 0 Å². The van der Waals surface area contributed by atoms with E-state index in [2.05, 4.69) is 35.6 Å². The van der Waals surface area contributed by atoms with Gasteiger partial charge >= 0.3 is 5.97 Å². The van der Waals surface area contributed by atoms with Crippen LogP contribution in [0.5, 0.6) is 5.75 Å². The minimum absolute atomic E-state index is 0.0651. The van der Waals surface area contributed by atoms with Gasteiger partial charge in [0.25, 0.3) is 0 Å². The van der Waals surface area contributed by atoms with Crippen LogP contribution in [-0.2, 0) is 21.0 Å². The first-order chi connectivity index (χ1) is 12.8. The molecule has 0 saturated heterocycles. The highest BCUT2D eigenvalue weighted by Gasteiger charge is 2.21. The molecule has 0 atom stereocenters. The van der Waals surface area contributed by atoms with Crippen LogP contribution in [0, 0.1) is 0 Å². The molecule has 0 bridgehead atoms. The molecule has 1 aromatic heterocycles. The van der Waals surface area contributed by atoms with Crippen molar-refractivity contribution < 1.29 is 23.8 Å². The lowest BCUT2D eigenvalue weighted by Crippen LogP contribution is -2.22. The fraction of sp³-hybridized carbons (Fsp3) is 0.474. The third-order valence-corrected chi connectivity index (χ3v) is 6.31. The van der Waals surface area contributed by atoms with Gasteiger partial charge in [-0.3, -0.25) is 4.79 Å². The zero-order chi connectivity index (χ0) is 20.0. The Morgan fingerprint density at radius 3 is 2.67 bits per heavy atom. The molecular weight excluding hydrogens is 430 g/mol. The average Bonchev–Trinajstić information content (AvgIpc) is 2.96. The molecule has 0 N–H and O–H groups in total. The van der Waals surface area contributed by atoms with Crippen LogP contribution in [0.25, 0.3) is 10.9 Å². The predicted molar refractivity (Wildman–Crippen MR) is 111 cm³/mol. The molecule has 0 amide bonds. The molecule has 0 radical (unpaired) electrons. The normalized spacial score (nSPS) is 11.6. The van der Waals surface area contributed by atoms with Crippen molar-refractivity contribution in [2.24, 2.45) is 0 Å². The summed E-state index contributed by atoms with van der Waals surface area (Å²) in [5.41, 5.74) is 1.18. The summed E-state index contributed by atoms with van der Waals surface area (Å²) in [7, 11) is -1.20. The van der Waals surface area contributed by atoms with Crippen molar-refractivity contribution in [2.75, 3.05) is 19.8 Å². The van der Waals surface area contributed by atoms with Crippen LogP contribution in [0.1, 0.15) is 17.4 Å². The van der Waals surface area contributed by atoms with Gasteiger partial charge in [0, 0.05) is 20.1 Å². The standard InChI is InChI=1S/C19H26BrNO5Si/c1-5-25-19(23)17-12-14-16(7-6-15(20)18(14)26-9-8-22)21(17)13-24-10-11-27(2,3)4/h6-8,12H,5,9-11,13H2,1-4H3. The zero-order valence-corrected chi connectivity index (χ0v) is 18.8. The van der Waals surface area contributed by atoms with Gasteiger partial charge in [-0.2, -0.15) is 0 Å². The average molecular weight is 456 g/mol. The first kappa shape index (κ1) is 21.7. The van der Waals surface area contributed by atoms with Crippen LogP contribution < -0.4 is 4.74 Å². The molecule has 148 valence electrons. The Balaban J connectivity index is 2.40. The molecule has 0 unspecified atom stereocenters. The van der Waals surface area contributed by atoms with Crippen LogP contribution >= 0.6 is 15.9 Å². The summed E-state index contributed by atoms with van der Waals surface area (Å²) < 4.78 is 19.1. The molecule has 6 nitrogen and oxygen atoms in total. The van der Waals surface area contributed by atoms with E-state index in [9.17, 15) is 9.59 Å². The Morgan fingerprint density at radius 2 is 2.04 bits per heavy atom. The summed E-state index contributed by atoms with van der Waals surface area (Å²) in [6.45, 7) is 9.75. The fourth-order valence-corrected chi connectivity index (χ4v) is 3.81. The van der Waals surface area contributed by atoms with Crippen molar-refractivity contribution in [3.63, 3.8) is 0 Å². The lowest BCUT2D eigenvalue weighted by Gasteiger charge is -2.16. The van der Waals surface area contributed by atoms with Crippen molar-refractivity contribution in [1.82, 2.24) is 4.57 Å². The van der Waals surface area contributed by atoms with E-state index in [0.29, 0.717) is 28.8 Å². The van der Waals surface area contributed by atoms with Crippen molar-refractivity contribution in [2.45, 2.75) is 39.3 Å². The summed E-state index contributed by atoms with van der Waals surface area (Å²) >= 11 is 3.44. The van der Waals surface area contributed by atoms with Gasteiger partial charge in [0.05, 0.1) is 16.6 Å². The molecule has 2 aromatic rings. The van der Waals surface area contributed by atoms with Crippen molar-refractivity contribution in [1.29, 1.82) is 0 Å². The topological polar surface area (TPSA) is 66.8 Å². The summed E-state index contributed by atoms with van der Waals surface area (Å²) in [5.74, 6) is 0.103. The molecule has 0 saturated carbocycles.